The summed E-state index contributed by atoms with van der Waals surface area (Å²) in [6, 6.07) is 3.02. The molecule has 0 aliphatic heterocycles. The van der Waals surface area contributed by atoms with Crippen molar-refractivity contribution in [1.82, 2.24) is 15.3 Å². The third kappa shape index (κ3) is 4.22. The maximum absolute atomic E-state index is 12.0. The van der Waals surface area contributed by atoms with E-state index in [2.05, 4.69) is 20.6 Å². The Hall–Kier alpha value is -2.05. The molecule has 116 valence electrons. The van der Waals surface area contributed by atoms with Crippen molar-refractivity contribution in [2.75, 3.05) is 25.5 Å². The Morgan fingerprint density at radius 1 is 1.23 bits per heavy atom. The highest BCUT2D eigenvalue weighted by Gasteiger charge is 2.13. The number of nitrogens with one attached hydrogen (secondary N) is 2. The quantitative estimate of drug-likeness (QED) is 0.790. The van der Waals surface area contributed by atoms with E-state index in [1.54, 1.807) is 18.6 Å². The van der Waals surface area contributed by atoms with Crippen molar-refractivity contribution in [3.63, 3.8) is 0 Å². The number of aromatic nitrogens is 2. The summed E-state index contributed by atoms with van der Waals surface area (Å²) in [5, 5.41) is 6.36. The van der Waals surface area contributed by atoms with Crippen LogP contribution in [0.5, 0.6) is 5.75 Å². The average molecular weight is 341 g/mol. The first kappa shape index (κ1) is 16.3. The van der Waals surface area contributed by atoms with E-state index in [1.165, 1.54) is 19.2 Å². The van der Waals surface area contributed by atoms with Crippen molar-refractivity contribution in [1.29, 1.82) is 0 Å². The van der Waals surface area contributed by atoms with E-state index in [0.717, 1.165) is 0 Å². The molecule has 1 heterocycles. The van der Waals surface area contributed by atoms with Gasteiger partial charge in [0, 0.05) is 31.0 Å². The fraction of sp³-hybridized carbons (Fsp3) is 0.214. The van der Waals surface area contributed by atoms with Gasteiger partial charge in [-0.3, -0.25) is 9.78 Å². The smallest absolute Gasteiger partial charge is 0.251 e. The standard InChI is InChI=1S/C14H14Cl2N4O2/c1-22-13-10(15)6-9(7-11(13)16)14(21)20-5-4-19-12-8-17-2-3-18-12/h2-3,6-8H,4-5H2,1H3,(H,18,19)(H,20,21). The molecule has 1 aromatic carbocycles. The molecule has 0 aliphatic rings. The zero-order chi connectivity index (χ0) is 15.9. The minimum atomic E-state index is -0.271. The van der Waals surface area contributed by atoms with Crippen LogP contribution in [0.2, 0.25) is 10.0 Å². The summed E-state index contributed by atoms with van der Waals surface area (Å²) in [4.78, 5) is 20.0. The van der Waals surface area contributed by atoms with Gasteiger partial charge in [-0.1, -0.05) is 23.2 Å². The van der Waals surface area contributed by atoms with E-state index in [0.29, 0.717) is 30.2 Å². The molecule has 2 aromatic rings. The lowest BCUT2D eigenvalue weighted by Crippen LogP contribution is -2.28. The first-order chi connectivity index (χ1) is 10.6. The molecule has 0 radical (unpaired) electrons. The number of halogens is 2. The highest BCUT2D eigenvalue weighted by atomic mass is 35.5. The number of methoxy groups -OCH3 is 1. The van der Waals surface area contributed by atoms with E-state index in [9.17, 15) is 4.79 Å². The third-order valence-corrected chi connectivity index (χ3v) is 3.31. The number of rotatable bonds is 6. The number of nitrogens with zero attached hydrogens (tertiary/aromatic N) is 2. The minimum absolute atomic E-state index is 0.271. The lowest BCUT2D eigenvalue weighted by Gasteiger charge is -2.10. The summed E-state index contributed by atoms with van der Waals surface area (Å²) in [6.07, 6.45) is 4.78. The Bertz CT molecular complexity index is 630. The van der Waals surface area contributed by atoms with Gasteiger partial charge in [0.05, 0.1) is 23.4 Å². The van der Waals surface area contributed by atoms with Crippen molar-refractivity contribution in [2.24, 2.45) is 0 Å². The van der Waals surface area contributed by atoms with Gasteiger partial charge in [-0.25, -0.2) is 4.98 Å². The number of carbonyl (C=O) groups is 1. The number of amides is 1. The average Bonchev–Trinajstić information content (AvgIpc) is 2.52. The van der Waals surface area contributed by atoms with Crippen molar-refractivity contribution >= 4 is 34.9 Å². The molecular weight excluding hydrogens is 327 g/mol. The second-order valence-corrected chi connectivity index (χ2v) is 5.06. The molecule has 0 bridgehead atoms. The van der Waals surface area contributed by atoms with Crippen LogP contribution in [-0.2, 0) is 0 Å². The molecule has 0 spiro atoms. The van der Waals surface area contributed by atoms with Crippen molar-refractivity contribution in [3.8, 4) is 5.75 Å². The van der Waals surface area contributed by atoms with Gasteiger partial charge in [-0.2, -0.15) is 0 Å². The Morgan fingerprint density at radius 3 is 2.55 bits per heavy atom. The van der Waals surface area contributed by atoms with Gasteiger partial charge in [0.25, 0.3) is 5.91 Å². The summed E-state index contributed by atoms with van der Waals surface area (Å²) in [7, 11) is 1.46. The van der Waals surface area contributed by atoms with Crippen LogP contribution in [0.4, 0.5) is 5.82 Å². The Labute approximate surface area is 137 Å². The van der Waals surface area contributed by atoms with Gasteiger partial charge >= 0.3 is 0 Å². The van der Waals surface area contributed by atoms with Gasteiger partial charge in [0.15, 0.2) is 5.75 Å². The molecule has 8 heteroatoms. The highest BCUT2D eigenvalue weighted by Crippen LogP contribution is 2.33. The van der Waals surface area contributed by atoms with Crippen LogP contribution in [0.15, 0.2) is 30.7 Å². The van der Waals surface area contributed by atoms with Gasteiger partial charge < -0.3 is 15.4 Å². The number of benzene rings is 1. The molecule has 1 amide bonds. The van der Waals surface area contributed by atoms with Crippen molar-refractivity contribution in [3.05, 3.63) is 46.3 Å². The van der Waals surface area contributed by atoms with Crippen LogP contribution in [0, 0.1) is 0 Å². The molecule has 2 N–H and O–H groups in total. The predicted molar refractivity (Wildman–Crippen MR) is 85.9 cm³/mol. The molecule has 1 aromatic heterocycles. The number of hydrogen-bond acceptors (Lipinski definition) is 5. The second kappa shape index (κ2) is 7.82. The fourth-order valence-corrected chi connectivity index (χ4v) is 2.39. The molecule has 0 saturated heterocycles. The van der Waals surface area contributed by atoms with E-state index >= 15 is 0 Å². The lowest BCUT2D eigenvalue weighted by atomic mass is 10.2. The van der Waals surface area contributed by atoms with Crippen LogP contribution in [-0.4, -0.2) is 36.1 Å². The zero-order valence-corrected chi connectivity index (χ0v) is 13.3. The summed E-state index contributed by atoms with van der Waals surface area (Å²) in [5.41, 5.74) is 0.371. The molecule has 0 atom stereocenters. The maximum atomic E-state index is 12.0. The predicted octanol–water partition coefficient (Wildman–Crippen LogP) is 2.63. The fourth-order valence-electron chi connectivity index (χ4n) is 1.75. The normalized spacial score (nSPS) is 10.1. The number of anilines is 1. The summed E-state index contributed by atoms with van der Waals surface area (Å²) >= 11 is 12.0. The largest absolute Gasteiger partial charge is 0.494 e. The topological polar surface area (TPSA) is 76.1 Å². The van der Waals surface area contributed by atoms with Crippen LogP contribution in [0.3, 0.4) is 0 Å². The number of ether oxygens (including phenoxy) is 1. The minimum Gasteiger partial charge on any atom is -0.494 e. The highest BCUT2D eigenvalue weighted by molar-refractivity contribution is 6.37. The van der Waals surface area contributed by atoms with Crippen LogP contribution >= 0.6 is 23.2 Å². The third-order valence-electron chi connectivity index (χ3n) is 2.74. The Morgan fingerprint density at radius 2 is 1.95 bits per heavy atom. The first-order valence-electron chi connectivity index (χ1n) is 6.43. The monoisotopic (exact) mass is 340 g/mol. The van der Waals surface area contributed by atoms with Gasteiger partial charge in [0.1, 0.15) is 5.82 Å². The number of hydrogen-bond donors (Lipinski definition) is 2. The molecule has 0 unspecified atom stereocenters. The number of carbonyl (C=O) groups excluding carboxylic acids is 1. The van der Waals surface area contributed by atoms with E-state index in [4.69, 9.17) is 27.9 Å². The van der Waals surface area contributed by atoms with Crippen molar-refractivity contribution < 1.29 is 9.53 Å². The van der Waals surface area contributed by atoms with Gasteiger partial charge in [-0.05, 0) is 12.1 Å². The first-order valence-corrected chi connectivity index (χ1v) is 7.18. The molecule has 0 fully saturated rings. The van der Waals surface area contributed by atoms with Gasteiger partial charge in [0.2, 0.25) is 0 Å². The summed E-state index contributed by atoms with van der Waals surface area (Å²) in [5.74, 6) is 0.726. The SMILES string of the molecule is COc1c(Cl)cc(C(=O)NCCNc2cnccn2)cc1Cl. The molecule has 0 saturated carbocycles. The summed E-state index contributed by atoms with van der Waals surface area (Å²) in [6.45, 7) is 0.929. The van der Waals surface area contributed by atoms with Crippen LogP contribution in [0.25, 0.3) is 0 Å². The van der Waals surface area contributed by atoms with Crippen LogP contribution in [0.1, 0.15) is 10.4 Å². The molecule has 0 aliphatic carbocycles. The van der Waals surface area contributed by atoms with Gasteiger partial charge in [-0.15, -0.1) is 0 Å². The second-order valence-electron chi connectivity index (χ2n) is 4.25. The molecule has 22 heavy (non-hydrogen) atoms. The lowest BCUT2D eigenvalue weighted by molar-refractivity contribution is 0.0955. The van der Waals surface area contributed by atoms with E-state index in [1.807, 2.05) is 0 Å². The van der Waals surface area contributed by atoms with E-state index < -0.39 is 0 Å². The van der Waals surface area contributed by atoms with Crippen LogP contribution < -0.4 is 15.4 Å². The Kier molecular flexibility index (Phi) is 5.80. The molecule has 6 nitrogen and oxygen atoms in total. The van der Waals surface area contributed by atoms with Crippen molar-refractivity contribution in [2.45, 2.75) is 0 Å². The van der Waals surface area contributed by atoms with E-state index in [-0.39, 0.29) is 16.0 Å². The Balaban J connectivity index is 1.87. The maximum Gasteiger partial charge on any atom is 0.251 e. The zero-order valence-electron chi connectivity index (χ0n) is 11.8. The molecule has 2 rings (SSSR count). The summed E-state index contributed by atoms with van der Waals surface area (Å²) < 4.78 is 5.04. The molecular formula is C14H14Cl2N4O2.